The average Bonchev–Trinajstić information content (AvgIpc) is 2.90. The van der Waals surface area contributed by atoms with E-state index < -0.39 is 6.10 Å². The quantitative estimate of drug-likeness (QED) is 0.768. The molecule has 0 aliphatic heterocycles. The number of benzene rings is 2. The maximum absolute atomic E-state index is 13.0. The monoisotopic (exact) mass is 282 g/mol. The molecule has 106 valence electrons. The molecule has 0 spiro atoms. The molecule has 2 nitrogen and oxygen atoms in total. The summed E-state index contributed by atoms with van der Waals surface area (Å²) < 4.78 is 18.7. The molecule has 2 aromatic carbocycles. The van der Waals surface area contributed by atoms with Gasteiger partial charge >= 0.3 is 0 Å². The summed E-state index contributed by atoms with van der Waals surface area (Å²) in [5, 5.41) is 10.5. The van der Waals surface area contributed by atoms with Gasteiger partial charge < -0.3 is 9.52 Å². The summed E-state index contributed by atoms with van der Waals surface area (Å²) in [6.07, 6.45) is -0.732. The molecule has 1 heterocycles. The van der Waals surface area contributed by atoms with Crippen LogP contribution in [0.25, 0.3) is 11.3 Å². The van der Waals surface area contributed by atoms with Crippen LogP contribution in [0.2, 0.25) is 0 Å². The number of hydrogen-bond acceptors (Lipinski definition) is 2. The maximum atomic E-state index is 13.0. The van der Waals surface area contributed by atoms with E-state index in [1.807, 2.05) is 37.3 Å². The Morgan fingerprint density at radius 3 is 2.33 bits per heavy atom. The van der Waals surface area contributed by atoms with Crippen LogP contribution in [0, 0.1) is 12.7 Å². The van der Waals surface area contributed by atoms with Crippen molar-refractivity contribution >= 4 is 0 Å². The summed E-state index contributed by atoms with van der Waals surface area (Å²) >= 11 is 0. The first-order valence-corrected chi connectivity index (χ1v) is 6.74. The van der Waals surface area contributed by atoms with Crippen molar-refractivity contribution in [1.29, 1.82) is 0 Å². The fourth-order valence-corrected chi connectivity index (χ4v) is 2.34. The highest BCUT2D eigenvalue weighted by molar-refractivity contribution is 5.59. The van der Waals surface area contributed by atoms with Crippen LogP contribution in [0.4, 0.5) is 4.39 Å². The van der Waals surface area contributed by atoms with Gasteiger partial charge in [0.2, 0.25) is 0 Å². The van der Waals surface area contributed by atoms with Crippen LogP contribution < -0.4 is 0 Å². The van der Waals surface area contributed by atoms with Crippen molar-refractivity contribution in [3.63, 3.8) is 0 Å². The molecule has 0 aliphatic rings. The molecule has 0 saturated heterocycles. The van der Waals surface area contributed by atoms with Gasteiger partial charge in [0.05, 0.1) is 0 Å². The van der Waals surface area contributed by atoms with Crippen LogP contribution in [-0.4, -0.2) is 5.11 Å². The highest BCUT2D eigenvalue weighted by Crippen LogP contribution is 2.32. The highest BCUT2D eigenvalue weighted by Gasteiger charge is 2.18. The van der Waals surface area contributed by atoms with Gasteiger partial charge in [-0.1, -0.05) is 30.3 Å². The zero-order chi connectivity index (χ0) is 14.8. The lowest BCUT2D eigenvalue weighted by molar-refractivity contribution is 0.218. The second-order valence-electron chi connectivity index (χ2n) is 4.94. The molecule has 1 N–H and O–H groups in total. The predicted molar refractivity (Wildman–Crippen MR) is 79.3 cm³/mol. The number of halogens is 1. The summed E-state index contributed by atoms with van der Waals surface area (Å²) in [7, 11) is 0. The Bertz CT molecular complexity index is 730. The van der Waals surface area contributed by atoms with Gasteiger partial charge in [-0.2, -0.15) is 0 Å². The fraction of sp³-hybridized carbons (Fsp3) is 0.111. The third kappa shape index (κ3) is 2.73. The summed E-state index contributed by atoms with van der Waals surface area (Å²) in [5.41, 5.74) is 2.32. The van der Waals surface area contributed by atoms with Crippen LogP contribution in [0.1, 0.15) is 23.0 Å². The molecule has 0 aliphatic carbocycles. The second kappa shape index (κ2) is 5.54. The van der Waals surface area contributed by atoms with E-state index >= 15 is 0 Å². The molecule has 1 unspecified atom stereocenters. The largest absolute Gasteiger partial charge is 0.461 e. The van der Waals surface area contributed by atoms with Crippen LogP contribution in [0.5, 0.6) is 0 Å². The molecule has 21 heavy (non-hydrogen) atoms. The van der Waals surface area contributed by atoms with Gasteiger partial charge in [0, 0.05) is 11.1 Å². The van der Waals surface area contributed by atoms with Gasteiger partial charge in [-0.15, -0.1) is 0 Å². The van der Waals surface area contributed by atoms with E-state index in [2.05, 4.69) is 0 Å². The van der Waals surface area contributed by atoms with Crippen molar-refractivity contribution in [2.45, 2.75) is 13.0 Å². The summed E-state index contributed by atoms with van der Waals surface area (Å²) in [6.45, 7) is 1.81. The molecule has 0 amide bonds. The number of aryl methyl sites for hydroxylation is 1. The lowest BCUT2D eigenvalue weighted by Crippen LogP contribution is -1.99. The first kappa shape index (κ1) is 13.6. The van der Waals surface area contributed by atoms with Crippen molar-refractivity contribution in [1.82, 2.24) is 0 Å². The molecule has 0 saturated carbocycles. The van der Waals surface area contributed by atoms with Gasteiger partial charge in [-0.3, -0.25) is 0 Å². The third-order valence-corrected chi connectivity index (χ3v) is 3.49. The summed E-state index contributed by atoms with van der Waals surface area (Å²) in [4.78, 5) is 0. The second-order valence-corrected chi connectivity index (χ2v) is 4.94. The van der Waals surface area contributed by atoms with E-state index in [4.69, 9.17) is 4.42 Å². The molecule has 0 fully saturated rings. The Balaban J connectivity index is 1.96. The van der Waals surface area contributed by atoms with Gasteiger partial charge in [0.15, 0.2) is 0 Å². The number of furan rings is 1. The van der Waals surface area contributed by atoms with Crippen molar-refractivity contribution in [2.75, 3.05) is 0 Å². The zero-order valence-electron chi connectivity index (χ0n) is 11.6. The first-order chi connectivity index (χ1) is 10.1. The van der Waals surface area contributed by atoms with Crippen molar-refractivity contribution in [3.8, 4) is 11.3 Å². The first-order valence-electron chi connectivity index (χ1n) is 6.74. The minimum absolute atomic E-state index is 0.286. The summed E-state index contributed by atoms with van der Waals surface area (Å²) in [6, 6.07) is 17.3. The lowest BCUT2D eigenvalue weighted by Gasteiger charge is -2.09. The number of aliphatic hydroxyl groups excluding tert-OH is 1. The highest BCUT2D eigenvalue weighted by atomic mass is 19.1. The van der Waals surface area contributed by atoms with Gasteiger partial charge in [-0.05, 0) is 42.8 Å². The maximum Gasteiger partial charge on any atom is 0.134 e. The Labute approximate surface area is 122 Å². The lowest BCUT2D eigenvalue weighted by atomic mass is 10.0. The van der Waals surface area contributed by atoms with Crippen LogP contribution in [0.3, 0.4) is 0 Å². The number of hydrogen-bond donors (Lipinski definition) is 1. The van der Waals surface area contributed by atoms with E-state index in [0.29, 0.717) is 11.5 Å². The van der Waals surface area contributed by atoms with E-state index in [1.165, 1.54) is 12.1 Å². The Morgan fingerprint density at radius 2 is 1.67 bits per heavy atom. The number of aliphatic hydroxyl groups is 1. The van der Waals surface area contributed by atoms with Crippen LogP contribution in [0.15, 0.2) is 65.1 Å². The van der Waals surface area contributed by atoms with E-state index in [0.717, 1.165) is 16.7 Å². The van der Waals surface area contributed by atoms with Crippen LogP contribution >= 0.6 is 0 Å². The molecule has 1 atom stereocenters. The Hall–Kier alpha value is -2.39. The van der Waals surface area contributed by atoms with Crippen molar-refractivity contribution < 1.29 is 13.9 Å². The van der Waals surface area contributed by atoms with Gasteiger partial charge in [0.1, 0.15) is 23.4 Å². The van der Waals surface area contributed by atoms with Crippen LogP contribution in [-0.2, 0) is 0 Å². The van der Waals surface area contributed by atoms with E-state index in [-0.39, 0.29) is 5.82 Å². The Kier molecular flexibility index (Phi) is 3.59. The minimum Gasteiger partial charge on any atom is -0.461 e. The third-order valence-electron chi connectivity index (χ3n) is 3.49. The van der Waals surface area contributed by atoms with Crippen molar-refractivity contribution in [3.05, 3.63) is 83.4 Å². The molecular weight excluding hydrogens is 267 g/mol. The molecule has 0 radical (unpaired) electrons. The molecule has 3 aromatic rings. The fourth-order valence-electron chi connectivity index (χ4n) is 2.34. The smallest absolute Gasteiger partial charge is 0.134 e. The topological polar surface area (TPSA) is 33.4 Å². The van der Waals surface area contributed by atoms with Gasteiger partial charge in [0.25, 0.3) is 0 Å². The molecule has 3 heteroatoms. The predicted octanol–water partition coefficient (Wildman–Crippen LogP) is 4.48. The normalized spacial score (nSPS) is 12.3. The molecule has 0 bridgehead atoms. The van der Waals surface area contributed by atoms with E-state index in [9.17, 15) is 9.50 Å². The standard InChI is InChI=1S/C18H15FO2/c1-12-16(18(20)14-5-3-2-4-6-14)11-17(21-12)13-7-9-15(19)10-8-13/h2-11,18,20H,1H3. The van der Waals surface area contributed by atoms with Gasteiger partial charge in [-0.25, -0.2) is 4.39 Å². The number of rotatable bonds is 3. The minimum atomic E-state index is -0.732. The van der Waals surface area contributed by atoms with E-state index in [1.54, 1.807) is 18.2 Å². The average molecular weight is 282 g/mol. The molecule has 1 aromatic heterocycles. The molecular formula is C18H15FO2. The summed E-state index contributed by atoms with van der Waals surface area (Å²) in [5.74, 6) is 0.995. The van der Waals surface area contributed by atoms with Crippen molar-refractivity contribution in [2.24, 2.45) is 0 Å². The Morgan fingerprint density at radius 1 is 1.00 bits per heavy atom. The molecule has 3 rings (SSSR count). The SMILES string of the molecule is Cc1oc(-c2ccc(F)cc2)cc1C(O)c1ccccc1. The zero-order valence-corrected chi connectivity index (χ0v) is 11.6.